The van der Waals surface area contributed by atoms with Gasteiger partial charge in [-0.3, -0.25) is 4.99 Å². The van der Waals surface area contributed by atoms with E-state index in [2.05, 4.69) is 15.6 Å². The Kier molecular flexibility index (Phi) is 10.4. The van der Waals surface area contributed by atoms with E-state index in [-0.39, 0.29) is 41.4 Å². The topological polar surface area (TPSA) is 75.1 Å². The van der Waals surface area contributed by atoms with Gasteiger partial charge in [0.1, 0.15) is 0 Å². The molecule has 1 atom stereocenters. The van der Waals surface area contributed by atoms with Gasteiger partial charge in [-0.25, -0.2) is 0 Å². The van der Waals surface area contributed by atoms with Crippen molar-refractivity contribution in [3.8, 4) is 0 Å². The molecule has 3 N–H and O–H groups in total. The molecule has 2 aliphatic rings. The number of hydrogen-bond acceptors (Lipinski definition) is 4. The Morgan fingerprint density at radius 3 is 2.40 bits per heavy atom. The van der Waals surface area contributed by atoms with Gasteiger partial charge in [-0.2, -0.15) is 0 Å². The van der Waals surface area contributed by atoms with Gasteiger partial charge < -0.3 is 25.2 Å². The van der Waals surface area contributed by atoms with Crippen LogP contribution in [0.25, 0.3) is 0 Å². The third-order valence-electron chi connectivity index (χ3n) is 6.23. The summed E-state index contributed by atoms with van der Waals surface area (Å²) >= 11 is 12.7. The average Bonchev–Trinajstić information content (AvgIpc) is 3.18. The Bertz CT molecular complexity index is 709. The van der Waals surface area contributed by atoms with Gasteiger partial charge in [-0.15, -0.1) is 24.0 Å². The van der Waals surface area contributed by atoms with Crippen molar-refractivity contribution in [2.75, 3.05) is 53.2 Å². The zero-order chi connectivity index (χ0) is 20.7. The minimum atomic E-state index is -0.142. The fourth-order valence-electron chi connectivity index (χ4n) is 4.28. The van der Waals surface area contributed by atoms with Crippen LogP contribution in [0.3, 0.4) is 0 Å². The van der Waals surface area contributed by atoms with Gasteiger partial charge in [0.05, 0.1) is 6.61 Å². The second-order valence-corrected chi connectivity index (χ2v) is 8.92. The molecule has 2 fully saturated rings. The predicted octanol–water partition coefficient (Wildman–Crippen LogP) is 3.61. The number of ether oxygens (including phenoxy) is 2. The summed E-state index contributed by atoms with van der Waals surface area (Å²) in [5, 5.41) is 17.7. The van der Waals surface area contributed by atoms with Crippen LogP contribution < -0.4 is 10.6 Å². The molecule has 2 aliphatic heterocycles. The third kappa shape index (κ3) is 6.36. The summed E-state index contributed by atoms with van der Waals surface area (Å²) < 4.78 is 11.2. The van der Waals surface area contributed by atoms with Crippen LogP contribution in [0.4, 0.5) is 0 Å². The van der Waals surface area contributed by atoms with Crippen molar-refractivity contribution in [2.45, 2.75) is 31.1 Å². The summed E-state index contributed by atoms with van der Waals surface area (Å²) in [5.41, 5.74) is 0.912. The predicted molar refractivity (Wildman–Crippen MR) is 133 cm³/mol. The number of nitrogens with zero attached hydrogens (tertiary/aromatic N) is 1. The number of rotatable bonds is 7. The largest absolute Gasteiger partial charge is 0.396 e. The van der Waals surface area contributed by atoms with E-state index < -0.39 is 0 Å². The molecule has 30 heavy (non-hydrogen) atoms. The highest BCUT2D eigenvalue weighted by Crippen LogP contribution is 2.39. The number of aliphatic hydroxyl groups is 1. The Labute approximate surface area is 206 Å². The van der Waals surface area contributed by atoms with E-state index in [1.54, 1.807) is 7.05 Å². The fourth-order valence-corrected chi connectivity index (χ4v) is 4.89. The van der Waals surface area contributed by atoms with Crippen LogP contribution in [0.5, 0.6) is 0 Å². The van der Waals surface area contributed by atoms with Crippen LogP contribution in [-0.4, -0.2) is 64.2 Å². The number of aliphatic imine (C=N–C) groups is 1. The van der Waals surface area contributed by atoms with Gasteiger partial charge in [0.25, 0.3) is 0 Å². The van der Waals surface area contributed by atoms with Crippen molar-refractivity contribution in [1.29, 1.82) is 0 Å². The zero-order valence-electron chi connectivity index (χ0n) is 17.4. The van der Waals surface area contributed by atoms with E-state index in [1.807, 2.05) is 18.2 Å². The highest BCUT2D eigenvalue weighted by molar-refractivity contribution is 14.0. The minimum Gasteiger partial charge on any atom is -0.396 e. The van der Waals surface area contributed by atoms with Crippen molar-refractivity contribution >= 4 is 53.1 Å². The molecule has 0 spiro atoms. The number of nitrogens with one attached hydrogen (secondary N) is 2. The lowest BCUT2D eigenvalue weighted by Crippen LogP contribution is -2.50. The molecule has 3 rings (SSSR count). The van der Waals surface area contributed by atoms with Crippen LogP contribution in [-0.2, 0) is 14.9 Å². The first-order chi connectivity index (χ1) is 14.0. The third-order valence-corrected chi connectivity index (χ3v) is 6.78. The number of halogens is 3. The summed E-state index contributed by atoms with van der Waals surface area (Å²) in [6.07, 6.45) is 3.42. The van der Waals surface area contributed by atoms with Gasteiger partial charge in [0.15, 0.2) is 5.96 Å². The molecule has 0 aliphatic carbocycles. The molecule has 0 aromatic heterocycles. The molecule has 1 unspecified atom stereocenters. The average molecular weight is 572 g/mol. The van der Waals surface area contributed by atoms with Crippen molar-refractivity contribution in [3.63, 3.8) is 0 Å². The Balaban J connectivity index is 0.00000320. The number of benzene rings is 1. The SMILES string of the molecule is CN=C(NCC1(CCO)CCOC1)NCC1(c2ccc(Cl)cc2Cl)CCOCC1.I. The molecule has 2 heterocycles. The van der Waals surface area contributed by atoms with Crippen molar-refractivity contribution in [2.24, 2.45) is 10.4 Å². The lowest BCUT2D eigenvalue weighted by Gasteiger charge is -2.39. The van der Waals surface area contributed by atoms with Gasteiger partial charge in [0, 0.05) is 67.4 Å². The number of hydrogen-bond donors (Lipinski definition) is 3. The normalized spacial score (nSPS) is 23.7. The summed E-state index contributed by atoms with van der Waals surface area (Å²) in [5.74, 6) is 0.741. The van der Waals surface area contributed by atoms with E-state index >= 15 is 0 Å². The maximum absolute atomic E-state index is 9.43. The van der Waals surface area contributed by atoms with E-state index in [9.17, 15) is 5.11 Å². The summed E-state index contributed by atoms with van der Waals surface area (Å²) in [6.45, 7) is 4.37. The minimum absolute atomic E-state index is 0. The molecular formula is C21H32Cl2IN3O3. The summed E-state index contributed by atoms with van der Waals surface area (Å²) in [6, 6.07) is 5.73. The molecule has 1 aromatic carbocycles. The Morgan fingerprint density at radius 1 is 1.10 bits per heavy atom. The van der Waals surface area contributed by atoms with E-state index in [0.717, 1.165) is 43.8 Å². The second-order valence-electron chi connectivity index (χ2n) is 8.07. The van der Waals surface area contributed by atoms with Gasteiger partial charge >= 0.3 is 0 Å². The fraction of sp³-hybridized carbons (Fsp3) is 0.667. The highest BCUT2D eigenvalue weighted by atomic mass is 127. The zero-order valence-corrected chi connectivity index (χ0v) is 21.2. The van der Waals surface area contributed by atoms with E-state index in [0.29, 0.717) is 43.0 Å². The van der Waals surface area contributed by atoms with Gasteiger partial charge in [-0.1, -0.05) is 29.3 Å². The second kappa shape index (κ2) is 12.1. The lowest BCUT2D eigenvalue weighted by atomic mass is 9.74. The molecule has 0 bridgehead atoms. The van der Waals surface area contributed by atoms with Crippen LogP contribution in [0, 0.1) is 5.41 Å². The maximum atomic E-state index is 9.43. The molecule has 2 saturated heterocycles. The molecule has 170 valence electrons. The highest BCUT2D eigenvalue weighted by Gasteiger charge is 2.37. The smallest absolute Gasteiger partial charge is 0.191 e. The van der Waals surface area contributed by atoms with Crippen LogP contribution >= 0.6 is 47.2 Å². The van der Waals surface area contributed by atoms with Crippen molar-refractivity contribution < 1.29 is 14.6 Å². The first kappa shape index (κ1) is 25.9. The number of aliphatic hydroxyl groups excluding tert-OH is 1. The number of guanidine groups is 1. The van der Waals surface area contributed by atoms with Crippen LogP contribution in [0.1, 0.15) is 31.2 Å². The first-order valence-corrected chi connectivity index (χ1v) is 10.9. The van der Waals surface area contributed by atoms with Crippen molar-refractivity contribution in [3.05, 3.63) is 33.8 Å². The van der Waals surface area contributed by atoms with Crippen molar-refractivity contribution in [1.82, 2.24) is 10.6 Å². The standard InChI is InChI=1S/C21H31Cl2N3O3.HI/c1-24-19(25-13-20(4-8-27)5-9-29-15-20)26-14-21(6-10-28-11-7-21)17-3-2-16(22)12-18(17)23;/h2-3,12,27H,4-11,13-15H2,1H3,(H2,24,25,26);1H. The molecule has 0 amide bonds. The molecule has 0 saturated carbocycles. The quantitative estimate of drug-likeness (QED) is 0.265. The molecular weight excluding hydrogens is 540 g/mol. The molecule has 1 aromatic rings. The Morgan fingerprint density at radius 2 is 1.80 bits per heavy atom. The Hall–Kier alpha value is -0.320. The maximum Gasteiger partial charge on any atom is 0.191 e. The summed E-state index contributed by atoms with van der Waals surface area (Å²) in [7, 11) is 1.77. The molecule has 0 radical (unpaired) electrons. The van der Waals surface area contributed by atoms with E-state index in [1.165, 1.54) is 0 Å². The monoisotopic (exact) mass is 571 g/mol. The first-order valence-electron chi connectivity index (χ1n) is 10.2. The van der Waals surface area contributed by atoms with Gasteiger partial charge in [0.2, 0.25) is 0 Å². The molecule has 6 nitrogen and oxygen atoms in total. The van der Waals surface area contributed by atoms with Crippen LogP contribution in [0.2, 0.25) is 10.0 Å². The molecule has 9 heteroatoms. The lowest BCUT2D eigenvalue weighted by molar-refractivity contribution is 0.0514. The van der Waals surface area contributed by atoms with E-state index in [4.69, 9.17) is 32.7 Å². The van der Waals surface area contributed by atoms with Gasteiger partial charge in [-0.05, 0) is 43.4 Å². The van der Waals surface area contributed by atoms with Crippen LogP contribution in [0.15, 0.2) is 23.2 Å². The summed E-state index contributed by atoms with van der Waals surface area (Å²) in [4.78, 5) is 4.39.